The molecule has 1 heterocycles. The highest BCUT2D eigenvalue weighted by atomic mass is 16.4. The molecule has 2 aromatic rings. The van der Waals surface area contributed by atoms with Gasteiger partial charge in [0.2, 0.25) is 0 Å². The SMILES string of the molecule is Nc1ccc(/C=C2\C(=O)N(c3ccccc3)N=C2C(=O)O)cc1. The lowest BCUT2D eigenvalue weighted by Crippen LogP contribution is -2.22. The first-order chi connectivity index (χ1) is 11.1. The van der Waals surface area contributed by atoms with Crippen LogP contribution in [0.25, 0.3) is 6.08 Å². The van der Waals surface area contributed by atoms with E-state index in [1.54, 1.807) is 54.6 Å². The van der Waals surface area contributed by atoms with E-state index < -0.39 is 11.9 Å². The van der Waals surface area contributed by atoms with E-state index in [0.29, 0.717) is 16.9 Å². The van der Waals surface area contributed by atoms with Gasteiger partial charge >= 0.3 is 5.97 Å². The highest BCUT2D eigenvalue weighted by Crippen LogP contribution is 2.25. The van der Waals surface area contributed by atoms with Crippen LogP contribution in [-0.2, 0) is 9.59 Å². The van der Waals surface area contributed by atoms with Crippen LogP contribution in [0.4, 0.5) is 11.4 Å². The van der Waals surface area contributed by atoms with Gasteiger partial charge in [-0.1, -0.05) is 30.3 Å². The van der Waals surface area contributed by atoms with Crippen molar-refractivity contribution in [2.75, 3.05) is 10.7 Å². The quantitative estimate of drug-likeness (QED) is 0.670. The summed E-state index contributed by atoms with van der Waals surface area (Å²) in [5.41, 5.74) is 7.14. The van der Waals surface area contributed by atoms with Crippen LogP contribution in [0.2, 0.25) is 0 Å². The zero-order valence-electron chi connectivity index (χ0n) is 12.0. The van der Waals surface area contributed by atoms with Gasteiger partial charge in [0.1, 0.15) is 0 Å². The molecule has 0 saturated carbocycles. The molecule has 3 N–H and O–H groups in total. The van der Waals surface area contributed by atoms with Crippen LogP contribution in [0.5, 0.6) is 0 Å². The molecule has 0 saturated heterocycles. The van der Waals surface area contributed by atoms with Gasteiger partial charge in [0.25, 0.3) is 5.91 Å². The average Bonchev–Trinajstić information content (AvgIpc) is 2.88. The molecule has 23 heavy (non-hydrogen) atoms. The highest BCUT2D eigenvalue weighted by molar-refractivity contribution is 6.53. The van der Waals surface area contributed by atoms with Gasteiger partial charge in [-0.3, -0.25) is 4.79 Å². The smallest absolute Gasteiger partial charge is 0.357 e. The number of carbonyl (C=O) groups excluding carboxylic acids is 1. The van der Waals surface area contributed by atoms with Crippen LogP contribution >= 0.6 is 0 Å². The minimum atomic E-state index is -1.25. The third kappa shape index (κ3) is 2.82. The summed E-state index contributed by atoms with van der Waals surface area (Å²) in [6.07, 6.45) is 1.50. The molecule has 0 aromatic heterocycles. The fourth-order valence-corrected chi connectivity index (χ4v) is 2.21. The van der Waals surface area contributed by atoms with Gasteiger partial charge in [-0.25, -0.2) is 4.79 Å². The van der Waals surface area contributed by atoms with Crippen molar-refractivity contribution in [2.24, 2.45) is 5.10 Å². The van der Waals surface area contributed by atoms with E-state index in [-0.39, 0.29) is 11.3 Å². The average molecular weight is 307 g/mol. The summed E-state index contributed by atoms with van der Waals surface area (Å²) in [7, 11) is 0. The van der Waals surface area contributed by atoms with Crippen LogP contribution in [-0.4, -0.2) is 22.7 Å². The fraction of sp³-hybridized carbons (Fsp3) is 0. The van der Waals surface area contributed by atoms with Gasteiger partial charge in [0.15, 0.2) is 5.71 Å². The van der Waals surface area contributed by atoms with Crippen LogP contribution in [0.1, 0.15) is 5.56 Å². The number of hydrogen-bond acceptors (Lipinski definition) is 4. The number of nitrogen functional groups attached to an aromatic ring is 1. The Morgan fingerprint density at radius 1 is 1.09 bits per heavy atom. The molecule has 0 atom stereocenters. The number of anilines is 2. The van der Waals surface area contributed by atoms with E-state index >= 15 is 0 Å². The molecule has 0 fully saturated rings. The second-order valence-electron chi connectivity index (χ2n) is 4.93. The molecule has 0 bridgehead atoms. The van der Waals surface area contributed by atoms with Gasteiger partial charge in [-0.15, -0.1) is 0 Å². The van der Waals surface area contributed by atoms with Crippen molar-refractivity contribution < 1.29 is 14.7 Å². The van der Waals surface area contributed by atoms with Crippen molar-refractivity contribution in [3.8, 4) is 0 Å². The molecular weight excluding hydrogens is 294 g/mol. The number of hydrogen-bond donors (Lipinski definition) is 2. The van der Waals surface area contributed by atoms with Crippen molar-refractivity contribution in [3.63, 3.8) is 0 Å². The normalized spacial score (nSPS) is 15.8. The molecule has 6 nitrogen and oxygen atoms in total. The summed E-state index contributed by atoms with van der Waals surface area (Å²) in [6.45, 7) is 0. The van der Waals surface area contributed by atoms with Crippen LogP contribution in [0, 0.1) is 0 Å². The molecule has 114 valence electrons. The minimum absolute atomic E-state index is 0.0334. The van der Waals surface area contributed by atoms with E-state index in [1.165, 1.54) is 6.08 Å². The van der Waals surface area contributed by atoms with Crippen molar-refractivity contribution in [3.05, 3.63) is 65.7 Å². The minimum Gasteiger partial charge on any atom is -0.476 e. The maximum Gasteiger partial charge on any atom is 0.357 e. The Morgan fingerprint density at radius 3 is 2.35 bits per heavy atom. The number of para-hydroxylation sites is 1. The topological polar surface area (TPSA) is 96.0 Å². The molecule has 0 spiro atoms. The third-order valence-electron chi connectivity index (χ3n) is 3.33. The summed E-state index contributed by atoms with van der Waals surface area (Å²) in [5, 5.41) is 14.3. The van der Waals surface area contributed by atoms with E-state index in [9.17, 15) is 14.7 Å². The molecule has 6 heteroatoms. The lowest BCUT2D eigenvalue weighted by molar-refractivity contribution is -0.129. The number of nitrogens with zero attached hydrogens (tertiary/aromatic N) is 2. The first-order valence-electron chi connectivity index (χ1n) is 6.85. The van der Waals surface area contributed by atoms with E-state index in [4.69, 9.17) is 5.73 Å². The molecule has 0 aliphatic carbocycles. The Labute approximate surface area is 132 Å². The highest BCUT2D eigenvalue weighted by Gasteiger charge is 2.34. The number of nitrogens with two attached hydrogens (primary N) is 1. The number of benzene rings is 2. The Hall–Kier alpha value is -3.41. The van der Waals surface area contributed by atoms with Crippen LogP contribution in [0.3, 0.4) is 0 Å². The van der Waals surface area contributed by atoms with Gasteiger partial charge in [0, 0.05) is 5.69 Å². The zero-order valence-corrected chi connectivity index (χ0v) is 12.0. The Balaban J connectivity index is 2.03. The molecule has 0 radical (unpaired) electrons. The predicted octanol–water partition coefficient (Wildman–Crippen LogP) is 2.14. The number of carbonyl (C=O) groups is 2. The first-order valence-corrected chi connectivity index (χ1v) is 6.85. The van der Waals surface area contributed by atoms with Crippen molar-refractivity contribution >= 4 is 35.0 Å². The third-order valence-corrected chi connectivity index (χ3v) is 3.33. The summed E-state index contributed by atoms with van der Waals surface area (Å²) in [5.74, 6) is -1.73. The van der Waals surface area contributed by atoms with Crippen LogP contribution < -0.4 is 10.7 Å². The Kier molecular flexibility index (Phi) is 3.64. The number of hydrazone groups is 1. The van der Waals surface area contributed by atoms with Gasteiger partial charge in [-0.05, 0) is 35.9 Å². The van der Waals surface area contributed by atoms with Crippen molar-refractivity contribution in [2.45, 2.75) is 0 Å². The largest absolute Gasteiger partial charge is 0.476 e. The number of carboxylic acid groups (broad SMARTS) is 1. The summed E-state index contributed by atoms with van der Waals surface area (Å²) in [4.78, 5) is 24.0. The Morgan fingerprint density at radius 2 is 1.74 bits per heavy atom. The predicted molar refractivity (Wildman–Crippen MR) is 87.8 cm³/mol. The molecule has 1 amide bonds. The standard InChI is InChI=1S/C17H13N3O3/c18-12-8-6-11(7-9-12)10-14-15(17(22)23)19-20(16(14)21)13-4-2-1-3-5-13/h1-10H,18H2,(H,22,23)/b14-10-. The zero-order chi connectivity index (χ0) is 16.4. The van der Waals surface area contributed by atoms with Crippen LogP contribution in [0.15, 0.2) is 65.3 Å². The number of amides is 1. The van der Waals surface area contributed by atoms with Crippen molar-refractivity contribution in [1.29, 1.82) is 0 Å². The monoisotopic (exact) mass is 307 g/mol. The van der Waals surface area contributed by atoms with E-state index in [0.717, 1.165) is 5.01 Å². The summed E-state index contributed by atoms with van der Waals surface area (Å²) < 4.78 is 0. The molecular formula is C17H13N3O3. The number of aliphatic carboxylic acids is 1. The summed E-state index contributed by atoms with van der Waals surface area (Å²) in [6, 6.07) is 15.5. The fourth-order valence-electron chi connectivity index (χ4n) is 2.21. The second kappa shape index (κ2) is 5.76. The van der Waals surface area contributed by atoms with Gasteiger partial charge in [0.05, 0.1) is 11.3 Å². The maximum absolute atomic E-state index is 12.5. The molecule has 2 aromatic carbocycles. The lowest BCUT2D eigenvalue weighted by atomic mass is 10.1. The number of carboxylic acids is 1. The van der Waals surface area contributed by atoms with Gasteiger partial charge < -0.3 is 10.8 Å². The first kappa shape index (κ1) is 14.5. The summed E-state index contributed by atoms with van der Waals surface area (Å²) >= 11 is 0. The molecule has 0 unspecified atom stereocenters. The van der Waals surface area contributed by atoms with Crippen molar-refractivity contribution in [1.82, 2.24) is 0 Å². The lowest BCUT2D eigenvalue weighted by Gasteiger charge is -2.10. The van der Waals surface area contributed by atoms with E-state index in [1.807, 2.05) is 0 Å². The van der Waals surface area contributed by atoms with Gasteiger partial charge in [-0.2, -0.15) is 10.1 Å². The second-order valence-corrected chi connectivity index (χ2v) is 4.93. The molecule has 3 rings (SSSR count). The molecule has 1 aliphatic heterocycles. The maximum atomic E-state index is 12.5. The molecule has 1 aliphatic rings. The number of rotatable bonds is 3. The van der Waals surface area contributed by atoms with E-state index in [2.05, 4.69) is 5.10 Å². The Bertz CT molecular complexity index is 824.